The Balaban J connectivity index is 1.50. The van der Waals surface area contributed by atoms with Crippen molar-refractivity contribution in [3.8, 4) is 6.07 Å². The van der Waals surface area contributed by atoms with Crippen LogP contribution < -0.4 is 5.32 Å². The maximum atomic E-state index is 13.3. The summed E-state index contributed by atoms with van der Waals surface area (Å²) in [5.74, 6) is 0.441. The van der Waals surface area contributed by atoms with Gasteiger partial charge in [-0.2, -0.15) is 18.4 Å². The highest BCUT2D eigenvalue weighted by Gasteiger charge is 2.70. The van der Waals surface area contributed by atoms with Crippen LogP contribution in [-0.2, 0) is 9.59 Å². The fourth-order valence-corrected chi connectivity index (χ4v) is 10.9. The van der Waals surface area contributed by atoms with Gasteiger partial charge in [0.2, 0.25) is 5.91 Å². The first kappa shape index (κ1) is 26.8. The molecule has 0 aromatic rings. The van der Waals surface area contributed by atoms with Crippen LogP contribution in [0.5, 0.6) is 0 Å². The SMILES string of the molecule is CC1(C)C(=O)C(C#N)=C[C@@]2(C)C1CCC1(C)C2CCC2C3CCCC3(C(=O)NCC(F)(F)F)CC[C@]21C. The van der Waals surface area contributed by atoms with E-state index in [0.29, 0.717) is 30.3 Å². The zero-order valence-electron chi connectivity index (χ0n) is 22.9. The number of hydrogen-bond donors (Lipinski definition) is 1. The molecule has 0 spiro atoms. The molecule has 1 N–H and O–H groups in total. The number of alkyl halides is 3. The first-order valence-electron chi connectivity index (χ1n) is 14.1. The van der Waals surface area contributed by atoms with Crippen molar-refractivity contribution in [2.24, 2.45) is 50.7 Å². The standard InChI is InChI=1S/C30H41F3N2O2/c1-25(2)21-10-12-28(5)22(26(21,3)15-18(16-34)23(25)36)9-8-19-20-7-6-11-29(20,14-13-27(19,28)4)24(37)35-17-30(31,32)33/h15,19-22H,6-14,17H2,1-5H3,(H,35,37)/t19?,20?,21?,22?,26-,27+,28?,29?/m0/s1. The molecular weight excluding hydrogens is 477 g/mol. The Morgan fingerprint density at radius 1 is 0.973 bits per heavy atom. The summed E-state index contributed by atoms with van der Waals surface area (Å²) in [5.41, 5.74) is -1.33. The second kappa shape index (κ2) is 8.09. The number of rotatable bonds is 2. The molecule has 204 valence electrons. The van der Waals surface area contributed by atoms with Gasteiger partial charge in [0.1, 0.15) is 12.6 Å². The average Bonchev–Trinajstić information content (AvgIpc) is 3.25. The van der Waals surface area contributed by atoms with Gasteiger partial charge in [-0.25, -0.2) is 0 Å². The van der Waals surface area contributed by atoms with Gasteiger partial charge < -0.3 is 5.32 Å². The van der Waals surface area contributed by atoms with Crippen LogP contribution in [0, 0.1) is 62.1 Å². The number of nitriles is 1. The molecule has 0 heterocycles. The van der Waals surface area contributed by atoms with Crippen molar-refractivity contribution in [2.75, 3.05) is 6.54 Å². The minimum Gasteiger partial charge on any atom is -0.346 e. The molecule has 8 atom stereocenters. The molecular formula is C30H41F3N2O2. The molecule has 6 unspecified atom stereocenters. The summed E-state index contributed by atoms with van der Waals surface area (Å²) >= 11 is 0. The van der Waals surface area contributed by atoms with E-state index >= 15 is 0 Å². The molecule has 0 saturated heterocycles. The van der Waals surface area contributed by atoms with E-state index in [4.69, 9.17) is 0 Å². The molecule has 5 aliphatic carbocycles. The predicted molar refractivity (Wildman–Crippen MR) is 134 cm³/mol. The number of nitrogens with one attached hydrogen (secondary N) is 1. The molecule has 7 heteroatoms. The number of halogens is 3. The Hall–Kier alpha value is -1.84. The topological polar surface area (TPSA) is 70.0 Å². The first-order valence-corrected chi connectivity index (χ1v) is 14.1. The van der Waals surface area contributed by atoms with Crippen molar-refractivity contribution in [2.45, 2.75) is 98.6 Å². The third-order valence-electron chi connectivity index (χ3n) is 12.7. The molecule has 4 saturated carbocycles. The molecule has 0 radical (unpaired) electrons. The monoisotopic (exact) mass is 518 g/mol. The maximum Gasteiger partial charge on any atom is 0.405 e. The largest absolute Gasteiger partial charge is 0.405 e. The molecule has 4 fully saturated rings. The second-order valence-corrected chi connectivity index (χ2v) is 14.2. The summed E-state index contributed by atoms with van der Waals surface area (Å²) in [7, 11) is 0. The Labute approximate surface area is 218 Å². The molecule has 5 aliphatic rings. The van der Waals surface area contributed by atoms with Crippen LogP contribution in [0.25, 0.3) is 0 Å². The van der Waals surface area contributed by atoms with Crippen molar-refractivity contribution in [3.63, 3.8) is 0 Å². The highest BCUT2D eigenvalue weighted by molar-refractivity contribution is 6.04. The van der Waals surface area contributed by atoms with Crippen molar-refractivity contribution in [1.29, 1.82) is 5.26 Å². The van der Waals surface area contributed by atoms with Crippen LogP contribution in [0.4, 0.5) is 13.2 Å². The van der Waals surface area contributed by atoms with E-state index in [1.807, 2.05) is 19.9 Å². The van der Waals surface area contributed by atoms with Crippen LogP contribution in [0.3, 0.4) is 0 Å². The lowest BCUT2D eigenvalue weighted by Gasteiger charge is -2.71. The van der Waals surface area contributed by atoms with Gasteiger partial charge in [-0.1, -0.05) is 47.1 Å². The molecule has 0 aromatic heterocycles. The average molecular weight is 519 g/mol. The van der Waals surface area contributed by atoms with E-state index in [1.165, 1.54) is 0 Å². The number of fused-ring (bicyclic) bond motifs is 7. The third kappa shape index (κ3) is 3.45. The minimum atomic E-state index is -4.41. The number of carbonyl (C=O) groups excluding carboxylic acids is 2. The fraction of sp³-hybridized carbons (Fsp3) is 0.833. The summed E-state index contributed by atoms with van der Waals surface area (Å²) in [4.78, 5) is 26.5. The molecule has 0 bridgehead atoms. The van der Waals surface area contributed by atoms with Crippen LogP contribution in [0.2, 0.25) is 0 Å². The third-order valence-corrected chi connectivity index (χ3v) is 12.7. The summed E-state index contributed by atoms with van der Waals surface area (Å²) in [6, 6.07) is 2.20. The number of carbonyl (C=O) groups is 2. The van der Waals surface area contributed by atoms with Gasteiger partial charge in [-0.15, -0.1) is 0 Å². The lowest BCUT2D eigenvalue weighted by molar-refractivity contribution is -0.215. The van der Waals surface area contributed by atoms with E-state index < -0.39 is 29.5 Å². The second-order valence-electron chi connectivity index (χ2n) is 14.2. The Kier molecular flexibility index (Phi) is 5.85. The van der Waals surface area contributed by atoms with Gasteiger partial charge in [0.15, 0.2) is 5.78 Å². The number of nitrogens with zero attached hydrogens (tertiary/aromatic N) is 1. The van der Waals surface area contributed by atoms with Crippen molar-refractivity contribution >= 4 is 11.7 Å². The highest BCUT2D eigenvalue weighted by atomic mass is 19.4. The fourth-order valence-electron chi connectivity index (χ4n) is 10.9. The summed E-state index contributed by atoms with van der Waals surface area (Å²) < 4.78 is 38.8. The molecule has 0 aliphatic heterocycles. The van der Waals surface area contributed by atoms with E-state index in [0.717, 1.165) is 44.9 Å². The number of hydrogen-bond acceptors (Lipinski definition) is 3. The number of ketones is 1. The number of allylic oxidation sites excluding steroid dienone is 2. The summed E-state index contributed by atoms with van der Waals surface area (Å²) in [5, 5.41) is 12.1. The van der Waals surface area contributed by atoms with Crippen LogP contribution >= 0.6 is 0 Å². The van der Waals surface area contributed by atoms with Crippen LogP contribution in [-0.4, -0.2) is 24.4 Å². The molecule has 37 heavy (non-hydrogen) atoms. The van der Waals surface area contributed by atoms with Gasteiger partial charge in [0.25, 0.3) is 0 Å². The molecule has 5 rings (SSSR count). The zero-order chi connectivity index (χ0) is 27.2. The quantitative estimate of drug-likeness (QED) is 0.439. The minimum absolute atomic E-state index is 0.0358. The van der Waals surface area contributed by atoms with Gasteiger partial charge in [-0.05, 0) is 91.3 Å². The Morgan fingerprint density at radius 2 is 1.68 bits per heavy atom. The summed E-state index contributed by atoms with van der Waals surface area (Å²) in [6.45, 7) is 9.81. The van der Waals surface area contributed by atoms with Gasteiger partial charge in [-0.3, -0.25) is 9.59 Å². The normalized spacial score (nSPS) is 46.5. The van der Waals surface area contributed by atoms with E-state index in [2.05, 4.69) is 32.2 Å². The molecule has 4 nitrogen and oxygen atoms in total. The lowest BCUT2D eigenvalue weighted by atomic mass is 9.33. The van der Waals surface area contributed by atoms with E-state index in [1.54, 1.807) is 0 Å². The van der Waals surface area contributed by atoms with Crippen molar-refractivity contribution < 1.29 is 22.8 Å². The number of Topliss-reactive ketones (excluding diaryl/α,β-unsaturated/α-hetero) is 1. The lowest BCUT2D eigenvalue weighted by Crippen LogP contribution is -2.66. The van der Waals surface area contributed by atoms with Crippen molar-refractivity contribution in [1.82, 2.24) is 5.32 Å². The number of amides is 1. The van der Waals surface area contributed by atoms with Crippen molar-refractivity contribution in [3.05, 3.63) is 11.6 Å². The van der Waals surface area contributed by atoms with E-state index in [-0.39, 0.29) is 33.9 Å². The Bertz CT molecular complexity index is 1090. The summed E-state index contributed by atoms with van der Waals surface area (Å²) in [6.07, 6.45) is 5.36. The highest BCUT2D eigenvalue weighted by Crippen LogP contribution is 2.76. The van der Waals surface area contributed by atoms with Crippen LogP contribution in [0.1, 0.15) is 92.4 Å². The van der Waals surface area contributed by atoms with Gasteiger partial charge >= 0.3 is 6.18 Å². The van der Waals surface area contributed by atoms with Gasteiger partial charge in [0.05, 0.1) is 11.0 Å². The predicted octanol–water partition coefficient (Wildman–Crippen LogP) is 6.76. The van der Waals surface area contributed by atoms with Gasteiger partial charge in [0, 0.05) is 5.41 Å². The maximum absolute atomic E-state index is 13.3. The molecule has 1 amide bonds. The molecule has 0 aromatic carbocycles. The first-order chi connectivity index (χ1) is 17.1. The van der Waals surface area contributed by atoms with E-state index in [9.17, 15) is 28.0 Å². The Morgan fingerprint density at radius 3 is 2.32 bits per heavy atom. The zero-order valence-corrected chi connectivity index (χ0v) is 22.9. The smallest absolute Gasteiger partial charge is 0.346 e. The van der Waals surface area contributed by atoms with Crippen LogP contribution in [0.15, 0.2) is 11.6 Å².